The fourth-order valence-electron chi connectivity index (χ4n) is 1.77. The molecule has 3 aromatic heterocycles. The van der Waals surface area contributed by atoms with E-state index in [0.717, 1.165) is 10.4 Å². The van der Waals surface area contributed by atoms with E-state index in [1.807, 2.05) is 24.4 Å². The second-order valence-electron chi connectivity index (χ2n) is 4.28. The highest BCUT2D eigenvalue weighted by molar-refractivity contribution is 7.13. The number of carbonyl (C=O) groups is 1. The average molecular weight is 288 g/mol. The third-order valence-electron chi connectivity index (χ3n) is 2.87. The number of H-pyrrole nitrogens is 1. The number of amides is 1. The molecule has 0 spiro atoms. The molecule has 0 aliphatic heterocycles. The Hall–Kier alpha value is -2.41. The van der Waals surface area contributed by atoms with Crippen LogP contribution in [0.25, 0.3) is 10.6 Å². The van der Waals surface area contributed by atoms with Crippen LogP contribution >= 0.6 is 11.3 Å². The van der Waals surface area contributed by atoms with Crippen LogP contribution in [0.3, 0.4) is 0 Å². The summed E-state index contributed by atoms with van der Waals surface area (Å²) >= 11 is 1.54. The van der Waals surface area contributed by atoms with Gasteiger partial charge in [0.25, 0.3) is 5.91 Å². The molecule has 0 aliphatic carbocycles. The summed E-state index contributed by atoms with van der Waals surface area (Å²) in [6.07, 6.45) is 3.41. The van der Waals surface area contributed by atoms with Crippen LogP contribution in [0, 0.1) is 0 Å². The number of nitrogens with one attached hydrogen (secondary N) is 2. The highest BCUT2D eigenvalue weighted by Crippen LogP contribution is 2.25. The van der Waals surface area contributed by atoms with E-state index in [4.69, 9.17) is 4.52 Å². The van der Waals surface area contributed by atoms with Gasteiger partial charge in [-0.2, -0.15) is 5.10 Å². The zero-order valence-corrected chi connectivity index (χ0v) is 11.5. The van der Waals surface area contributed by atoms with Gasteiger partial charge in [-0.1, -0.05) is 11.2 Å². The van der Waals surface area contributed by atoms with Gasteiger partial charge in [-0.15, -0.1) is 11.3 Å². The molecule has 0 saturated carbocycles. The molecule has 0 aromatic carbocycles. The van der Waals surface area contributed by atoms with Gasteiger partial charge in [-0.25, -0.2) is 0 Å². The van der Waals surface area contributed by atoms with Gasteiger partial charge in [0.05, 0.1) is 17.1 Å². The molecule has 1 atom stereocenters. The minimum atomic E-state index is -0.273. The first-order valence-corrected chi connectivity index (χ1v) is 6.92. The highest BCUT2D eigenvalue weighted by atomic mass is 32.1. The minimum Gasteiger partial charge on any atom is -0.355 e. The van der Waals surface area contributed by atoms with Gasteiger partial charge in [0.15, 0.2) is 11.5 Å². The van der Waals surface area contributed by atoms with Crippen LogP contribution in [0.2, 0.25) is 0 Å². The smallest absolute Gasteiger partial charge is 0.273 e. The first-order valence-electron chi connectivity index (χ1n) is 6.04. The van der Waals surface area contributed by atoms with Crippen LogP contribution in [0.4, 0.5) is 0 Å². The van der Waals surface area contributed by atoms with Crippen molar-refractivity contribution in [3.8, 4) is 10.6 Å². The van der Waals surface area contributed by atoms with Crippen LogP contribution < -0.4 is 5.32 Å². The van der Waals surface area contributed by atoms with Crippen molar-refractivity contribution in [2.45, 2.75) is 13.0 Å². The molecule has 3 aromatic rings. The van der Waals surface area contributed by atoms with Gasteiger partial charge in [0.1, 0.15) is 0 Å². The second kappa shape index (κ2) is 5.30. The Kier molecular flexibility index (Phi) is 3.34. The number of hydrogen-bond donors (Lipinski definition) is 2. The number of hydrogen-bond acceptors (Lipinski definition) is 5. The third-order valence-corrected chi connectivity index (χ3v) is 3.76. The lowest BCUT2D eigenvalue weighted by Crippen LogP contribution is -2.26. The molecule has 3 heterocycles. The first kappa shape index (κ1) is 12.6. The van der Waals surface area contributed by atoms with Crippen molar-refractivity contribution in [2.75, 3.05) is 0 Å². The summed E-state index contributed by atoms with van der Waals surface area (Å²) in [5.74, 6) is 0.325. The maximum atomic E-state index is 12.1. The Balaban J connectivity index is 1.72. The third kappa shape index (κ3) is 2.48. The van der Waals surface area contributed by atoms with E-state index in [1.54, 1.807) is 18.5 Å². The predicted molar refractivity (Wildman–Crippen MR) is 74.3 cm³/mol. The van der Waals surface area contributed by atoms with E-state index in [1.165, 1.54) is 11.3 Å². The Morgan fingerprint density at radius 3 is 3.15 bits per heavy atom. The number of aromatic amines is 1. The molecule has 7 heteroatoms. The van der Waals surface area contributed by atoms with Crippen molar-refractivity contribution in [1.29, 1.82) is 0 Å². The van der Waals surface area contributed by atoms with Crippen LogP contribution in [-0.4, -0.2) is 21.3 Å². The van der Waals surface area contributed by atoms with E-state index in [2.05, 4.69) is 20.7 Å². The predicted octanol–water partition coefficient (Wildman–Crippen LogP) is 2.62. The molecule has 1 unspecified atom stereocenters. The van der Waals surface area contributed by atoms with Crippen LogP contribution in [0.5, 0.6) is 0 Å². The quantitative estimate of drug-likeness (QED) is 0.773. The summed E-state index contributed by atoms with van der Waals surface area (Å²) in [6.45, 7) is 1.88. The molecule has 20 heavy (non-hydrogen) atoms. The number of nitrogens with zero attached hydrogens (tertiary/aromatic N) is 2. The zero-order valence-electron chi connectivity index (χ0n) is 10.7. The van der Waals surface area contributed by atoms with Gasteiger partial charge in [0, 0.05) is 17.8 Å². The number of thiophene rings is 1. The lowest BCUT2D eigenvalue weighted by molar-refractivity contribution is 0.0931. The molecule has 0 radical (unpaired) electrons. The average Bonchev–Trinajstić information content (AvgIpc) is 3.19. The second-order valence-corrected chi connectivity index (χ2v) is 5.23. The van der Waals surface area contributed by atoms with E-state index in [0.29, 0.717) is 5.76 Å². The van der Waals surface area contributed by atoms with E-state index < -0.39 is 0 Å². The zero-order chi connectivity index (χ0) is 13.9. The molecule has 102 valence electrons. The molecule has 0 fully saturated rings. The van der Waals surface area contributed by atoms with Gasteiger partial charge >= 0.3 is 0 Å². The van der Waals surface area contributed by atoms with Crippen molar-refractivity contribution in [3.63, 3.8) is 0 Å². The Morgan fingerprint density at radius 2 is 2.45 bits per heavy atom. The molecule has 1 amide bonds. The SMILES string of the molecule is CC(NC(=O)c1cc(-c2cccs2)on1)c1cn[nH]c1. The number of aromatic nitrogens is 3. The topological polar surface area (TPSA) is 83.8 Å². The lowest BCUT2D eigenvalue weighted by Gasteiger charge is -2.09. The summed E-state index contributed by atoms with van der Waals surface area (Å²) < 4.78 is 5.18. The summed E-state index contributed by atoms with van der Waals surface area (Å²) in [6, 6.07) is 5.33. The summed E-state index contributed by atoms with van der Waals surface area (Å²) in [5.41, 5.74) is 1.17. The minimum absolute atomic E-state index is 0.150. The lowest BCUT2D eigenvalue weighted by atomic mass is 10.2. The molecule has 6 nitrogen and oxygen atoms in total. The van der Waals surface area contributed by atoms with Crippen molar-refractivity contribution >= 4 is 17.2 Å². The van der Waals surface area contributed by atoms with Gasteiger partial charge in [-0.3, -0.25) is 9.89 Å². The van der Waals surface area contributed by atoms with E-state index in [-0.39, 0.29) is 17.6 Å². The van der Waals surface area contributed by atoms with Crippen molar-refractivity contribution in [2.24, 2.45) is 0 Å². The standard InChI is InChI=1S/C13H12N4O2S/c1-8(9-6-14-15-7-9)16-13(18)10-5-11(19-17-10)12-3-2-4-20-12/h2-8H,1H3,(H,14,15)(H,16,18). The van der Waals surface area contributed by atoms with Gasteiger partial charge in [-0.05, 0) is 18.4 Å². The number of rotatable bonds is 4. The first-order chi connectivity index (χ1) is 9.74. The molecular weight excluding hydrogens is 276 g/mol. The summed E-state index contributed by atoms with van der Waals surface area (Å²) in [5, 5.41) is 15.1. The van der Waals surface area contributed by atoms with Crippen molar-refractivity contribution in [1.82, 2.24) is 20.7 Å². The Bertz CT molecular complexity index is 688. The van der Waals surface area contributed by atoms with Crippen LogP contribution in [0.1, 0.15) is 29.0 Å². The van der Waals surface area contributed by atoms with Gasteiger partial charge < -0.3 is 9.84 Å². The summed E-state index contributed by atoms with van der Waals surface area (Å²) in [7, 11) is 0. The highest BCUT2D eigenvalue weighted by Gasteiger charge is 2.17. The molecule has 0 aliphatic rings. The molecular formula is C13H12N4O2S. The van der Waals surface area contributed by atoms with E-state index in [9.17, 15) is 4.79 Å². The van der Waals surface area contributed by atoms with Gasteiger partial charge in [0.2, 0.25) is 0 Å². The fraction of sp³-hybridized carbons (Fsp3) is 0.154. The fourth-order valence-corrected chi connectivity index (χ4v) is 2.44. The molecule has 0 bridgehead atoms. The largest absolute Gasteiger partial charge is 0.355 e. The molecule has 2 N–H and O–H groups in total. The van der Waals surface area contributed by atoms with E-state index >= 15 is 0 Å². The van der Waals surface area contributed by atoms with Crippen molar-refractivity contribution in [3.05, 3.63) is 47.2 Å². The molecule has 0 saturated heterocycles. The monoisotopic (exact) mass is 288 g/mol. The molecule has 3 rings (SSSR count). The Morgan fingerprint density at radius 1 is 1.55 bits per heavy atom. The maximum absolute atomic E-state index is 12.1. The summed E-state index contributed by atoms with van der Waals surface area (Å²) in [4.78, 5) is 13.0. The number of carbonyl (C=O) groups excluding carboxylic acids is 1. The van der Waals surface area contributed by atoms with Crippen LogP contribution in [-0.2, 0) is 0 Å². The Labute approximate surface area is 118 Å². The van der Waals surface area contributed by atoms with Crippen molar-refractivity contribution < 1.29 is 9.32 Å². The van der Waals surface area contributed by atoms with Crippen LogP contribution in [0.15, 0.2) is 40.5 Å². The maximum Gasteiger partial charge on any atom is 0.273 e. The normalized spacial score (nSPS) is 12.2.